The Hall–Kier alpha value is -1.50. The number of carbonyl (C=O) groups excluding carboxylic acids is 1. The lowest BCUT2D eigenvalue weighted by molar-refractivity contribution is 0.102. The fraction of sp³-hybridized carbons (Fsp3) is 0.368. The van der Waals surface area contributed by atoms with Gasteiger partial charge in [-0.15, -0.1) is 23.5 Å². The molecule has 1 aliphatic rings. The summed E-state index contributed by atoms with van der Waals surface area (Å²) in [6.45, 7) is 2.94. The third-order valence-corrected chi connectivity index (χ3v) is 5.90. The molecule has 4 nitrogen and oxygen atoms in total. The summed E-state index contributed by atoms with van der Waals surface area (Å²) in [5, 5.41) is 3.91. The van der Waals surface area contributed by atoms with E-state index < -0.39 is 0 Å². The fourth-order valence-electron chi connectivity index (χ4n) is 2.62. The van der Waals surface area contributed by atoms with E-state index in [0.29, 0.717) is 17.4 Å². The molecule has 2 heterocycles. The van der Waals surface area contributed by atoms with Crippen LogP contribution in [0.5, 0.6) is 0 Å². The highest BCUT2D eigenvalue weighted by Crippen LogP contribution is 2.27. The highest BCUT2D eigenvalue weighted by atomic mass is 32.2. The minimum Gasteiger partial charge on any atom is -0.377 e. The molecule has 1 aromatic carbocycles. The van der Waals surface area contributed by atoms with Crippen LogP contribution in [-0.4, -0.2) is 35.1 Å². The predicted octanol–water partition coefficient (Wildman–Crippen LogP) is 4.72. The SMILES string of the molecule is CCSc1ccc(NC(=O)c2ccccc2SCC2CCCO2)cn1. The van der Waals surface area contributed by atoms with Gasteiger partial charge in [-0.25, -0.2) is 4.98 Å². The zero-order chi connectivity index (χ0) is 17.5. The van der Waals surface area contributed by atoms with Crippen molar-refractivity contribution in [3.8, 4) is 0 Å². The van der Waals surface area contributed by atoms with Crippen molar-refractivity contribution in [1.29, 1.82) is 0 Å². The van der Waals surface area contributed by atoms with Gasteiger partial charge in [0.05, 0.1) is 28.6 Å². The topological polar surface area (TPSA) is 51.2 Å². The highest BCUT2D eigenvalue weighted by Gasteiger charge is 2.18. The van der Waals surface area contributed by atoms with Gasteiger partial charge in [0.15, 0.2) is 0 Å². The number of carbonyl (C=O) groups is 1. The Morgan fingerprint density at radius 1 is 1.28 bits per heavy atom. The molecule has 1 aromatic heterocycles. The predicted molar refractivity (Wildman–Crippen MR) is 105 cm³/mol. The molecule has 0 radical (unpaired) electrons. The minimum atomic E-state index is -0.104. The fourth-order valence-corrected chi connectivity index (χ4v) is 4.33. The summed E-state index contributed by atoms with van der Waals surface area (Å²) in [4.78, 5) is 18.0. The van der Waals surface area contributed by atoms with Crippen LogP contribution in [0, 0.1) is 0 Å². The standard InChI is InChI=1S/C19H22N2O2S2/c1-2-24-18-10-9-14(12-20-18)21-19(22)16-7-3-4-8-17(16)25-13-15-6-5-11-23-15/h3-4,7-10,12,15H,2,5-6,11,13H2,1H3,(H,21,22). The summed E-state index contributed by atoms with van der Waals surface area (Å²) in [5.41, 5.74) is 1.40. The molecule has 1 fully saturated rings. The quantitative estimate of drug-likeness (QED) is 0.711. The lowest BCUT2D eigenvalue weighted by Gasteiger charge is -2.12. The molecule has 0 bridgehead atoms. The monoisotopic (exact) mass is 374 g/mol. The number of aromatic nitrogens is 1. The Morgan fingerprint density at radius 3 is 2.88 bits per heavy atom. The van der Waals surface area contributed by atoms with Gasteiger partial charge in [0.25, 0.3) is 5.91 Å². The number of nitrogens with zero attached hydrogens (tertiary/aromatic N) is 1. The van der Waals surface area contributed by atoms with Crippen LogP contribution in [-0.2, 0) is 4.74 Å². The molecular formula is C19H22N2O2S2. The molecular weight excluding hydrogens is 352 g/mol. The van der Waals surface area contributed by atoms with E-state index in [1.807, 2.05) is 36.4 Å². The second-order valence-corrected chi connectivity index (χ2v) is 8.06. The molecule has 132 valence electrons. The maximum absolute atomic E-state index is 12.7. The van der Waals surface area contributed by atoms with E-state index in [0.717, 1.165) is 40.9 Å². The van der Waals surface area contributed by atoms with Gasteiger partial charge in [-0.1, -0.05) is 19.1 Å². The van der Waals surface area contributed by atoms with Crippen LogP contribution in [0.2, 0.25) is 0 Å². The van der Waals surface area contributed by atoms with Gasteiger partial charge < -0.3 is 10.1 Å². The summed E-state index contributed by atoms with van der Waals surface area (Å²) in [6, 6.07) is 11.5. The number of hydrogen-bond donors (Lipinski definition) is 1. The summed E-state index contributed by atoms with van der Waals surface area (Å²) >= 11 is 3.37. The number of hydrogen-bond acceptors (Lipinski definition) is 5. The van der Waals surface area contributed by atoms with Crippen LogP contribution in [0.3, 0.4) is 0 Å². The molecule has 0 aliphatic carbocycles. The molecule has 1 unspecified atom stereocenters. The molecule has 1 atom stereocenters. The number of pyridine rings is 1. The van der Waals surface area contributed by atoms with Gasteiger partial charge in [-0.3, -0.25) is 4.79 Å². The molecule has 1 N–H and O–H groups in total. The maximum atomic E-state index is 12.7. The van der Waals surface area contributed by atoms with Gasteiger partial charge in [0.1, 0.15) is 0 Å². The Labute approximate surface area is 157 Å². The second kappa shape index (κ2) is 9.27. The van der Waals surface area contributed by atoms with Crippen molar-refractivity contribution in [2.24, 2.45) is 0 Å². The Kier molecular flexibility index (Phi) is 6.78. The van der Waals surface area contributed by atoms with E-state index in [2.05, 4.69) is 17.2 Å². The average Bonchev–Trinajstić information content (AvgIpc) is 3.16. The van der Waals surface area contributed by atoms with E-state index in [4.69, 9.17) is 4.74 Å². The number of nitrogens with one attached hydrogen (secondary N) is 1. The Balaban J connectivity index is 1.64. The van der Waals surface area contributed by atoms with Crippen molar-refractivity contribution in [1.82, 2.24) is 4.98 Å². The maximum Gasteiger partial charge on any atom is 0.256 e. The van der Waals surface area contributed by atoms with E-state index in [1.165, 1.54) is 0 Å². The average molecular weight is 375 g/mol. The summed E-state index contributed by atoms with van der Waals surface area (Å²) < 4.78 is 5.67. The van der Waals surface area contributed by atoms with Crippen molar-refractivity contribution < 1.29 is 9.53 Å². The largest absolute Gasteiger partial charge is 0.377 e. The Morgan fingerprint density at radius 2 is 2.16 bits per heavy atom. The number of anilines is 1. The molecule has 1 aliphatic heterocycles. The molecule has 3 rings (SSSR count). The highest BCUT2D eigenvalue weighted by molar-refractivity contribution is 7.99. The van der Waals surface area contributed by atoms with E-state index in [9.17, 15) is 4.79 Å². The first-order chi connectivity index (χ1) is 12.3. The third kappa shape index (κ3) is 5.23. The lowest BCUT2D eigenvalue weighted by atomic mass is 10.2. The van der Waals surface area contributed by atoms with Crippen LogP contribution in [0.25, 0.3) is 0 Å². The van der Waals surface area contributed by atoms with Crippen molar-refractivity contribution in [2.45, 2.75) is 35.8 Å². The normalized spacial score (nSPS) is 16.8. The molecule has 6 heteroatoms. The van der Waals surface area contributed by atoms with Gasteiger partial charge in [0, 0.05) is 17.3 Å². The van der Waals surface area contributed by atoms with E-state index in [1.54, 1.807) is 29.7 Å². The molecule has 0 spiro atoms. The Bertz CT molecular complexity index is 701. The number of benzene rings is 1. The summed E-state index contributed by atoms with van der Waals surface area (Å²) in [5.74, 6) is 1.76. The van der Waals surface area contributed by atoms with Crippen LogP contribution in [0.15, 0.2) is 52.5 Å². The first-order valence-corrected chi connectivity index (χ1v) is 10.5. The van der Waals surface area contributed by atoms with Crippen LogP contribution in [0.1, 0.15) is 30.1 Å². The first-order valence-electron chi connectivity index (χ1n) is 8.50. The van der Waals surface area contributed by atoms with Crippen molar-refractivity contribution in [3.63, 3.8) is 0 Å². The minimum absolute atomic E-state index is 0.104. The number of ether oxygens (including phenoxy) is 1. The van der Waals surface area contributed by atoms with Gasteiger partial charge >= 0.3 is 0 Å². The second-order valence-electron chi connectivity index (χ2n) is 5.71. The third-order valence-electron chi connectivity index (χ3n) is 3.87. The number of rotatable bonds is 7. The molecule has 0 saturated carbocycles. The van der Waals surface area contributed by atoms with Crippen LogP contribution < -0.4 is 5.32 Å². The zero-order valence-electron chi connectivity index (χ0n) is 14.2. The van der Waals surface area contributed by atoms with E-state index in [-0.39, 0.29) is 5.91 Å². The van der Waals surface area contributed by atoms with Crippen LogP contribution in [0.4, 0.5) is 5.69 Å². The van der Waals surface area contributed by atoms with Gasteiger partial charge in [0.2, 0.25) is 0 Å². The lowest BCUT2D eigenvalue weighted by Crippen LogP contribution is -2.14. The van der Waals surface area contributed by atoms with E-state index >= 15 is 0 Å². The smallest absolute Gasteiger partial charge is 0.256 e. The molecule has 2 aromatic rings. The number of thioether (sulfide) groups is 2. The van der Waals surface area contributed by atoms with Crippen molar-refractivity contribution >= 4 is 35.1 Å². The van der Waals surface area contributed by atoms with Crippen molar-refractivity contribution in [3.05, 3.63) is 48.2 Å². The number of amides is 1. The van der Waals surface area contributed by atoms with Crippen molar-refractivity contribution in [2.75, 3.05) is 23.4 Å². The zero-order valence-corrected chi connectivity index (χ0v) is 15.9. The summed E-state index contributed by atoms with van der Waals surface area (Å²) in [6.07, 6.45) is 4.24. The first kappa shape index (κ1) is 18.3. The molecule has 25 heavy (non-hydrogen) atoms. The summed E-state index contributed by atoms with van der Waals surface area (Å²) in [7, 11) is 0. The van der Waals surface area contributed by atoms with Gasteiger partial charge in [-0.2, -0.15) is 0 Å². The van der Waals surface area contributed by atoms with Gasteiger partial charge in [-0.05, 0) is 42.9 Å². The van der Waals surface area contributed by atoms with Crippen LogP contribution >= 0.6 is 23.5 Å². The molecule has 1 amide bonds. The molecule has 1 saturated heterocycles.